The van der Waals surface area contributed by atoms with E-state index in [1.54, 1.807) is 17.4 Å². The third kappa shape index (κ3) is 17.6. The summed E-state index contributed by atoms with van der Waals surface area (Å²) in [6.07, 6.45) is -0.740. The summed E-state index contributed by atoms with van der Waals surface area (Å²) in [5.41, 5.74) is 9.15. The molecule has 79 heavy (non-hydrogen) atoms. The number of aliphatic hydroxyl groups is 1. The molecule has 6 aromatic rings. The first-order chi connectivity index (χ1) is 38.2. The summed E-state index contributed by atoms with van der Waals surface area (Å²) in [5, 5.41) is 34.3. The van der Waals surface area contributed by atoms with Crippen molar-refractivity contribution in [2.24, 2.45) is 10.4 Å². The molecule has 7 N–H and O–H groups in total. The molecule has 0 bridgehead atoms. The van der Waals surface area contributed by atoms with Crippen LogP contribution in [-0.4, -0.2) is 145 Å². The highest BCUT2D eigenvalue weighted by Crippen LogP contribution is 2.33. The average Bonchev–Trinajstić information content (AvgIpc) is 4.33. The summed E-state index contributed by atoms with van der Waals surface area (Å²) in [6.45, 7) is 14.2. The Kier molecular flexibility index (Phi) is 22.3. The fourth-order valence-electron chi connectivity index (χ4n) is 8.83. The van der Waals surface area contributed by atoms with Crippen LogP contribution in [0.25, 0.3) is 21.3 Å². The topological polar surface area (TPSA) is 238 Å². The number of carbonyl (C=O) groups is 4. The highest BCUT2D eigenvalue weighted by atomic mass is 32.1. The van der Waals surface area contributed by atoms with Crippen LogP contribution in [0.4, 0.5) is 5.69 Å². The van der Waals surface area contributed by atoms with Crippen molar-refractivity contribution in [3.05, 3.63) is 136 Å². The van der Waals surface area contributed by atoms with Crippen molar-refractivity contribution in [1.29, 1.82) is 0 Å². The lowest BCUT2D eigenvalue weighted by Gasteiger charge is -2.35. The molecule has 3 atom stereocenters. The molecule has 1 aliphatic rings. The number of aromatic amines is 1. The van der Waals surface area contributed by atoms with Gasteiger partial charge in [-0.2, -0.15) is 0 Å². The van der Waals surface area contributed by atoms with Crippen LogP contribution in [-0.2, 0) is 51.2 Å². The first-order valence-corrected chi connectivity index (χ1v) is 27.5. The Labute approximate surface area is 465 Å². The number of hydrogen-bond donors (Lipinski definition) is 7. The van der Waals surface area contributed by atoms with Gasteiger partial charge in [-0.1, -0.05) is 99.5 Å². The van der Waals surface area contributed by atoms with E-state index in [9.17, 15) is 29.4 Å². The minimum absolute atomic E-state index is 0.00822. The van der Waals surface area contributed by atoms with Crippen molar-refractivity contribution in [1.82, 2.24) is 36.1 Å². The summed E-state index contributed by atoms with van der Waals surface area (Å²) in [7, 11) is 0. The van der Waals surface area contributed by atoms with Gasteiger partial charge in [0.15, 0.2) is 5.88 Å². The van der Waals surface area contributed by atoms with E-state index >= 15 is 0 Å². The monoisotopic (exact) mass is 1100 g/mol. The highest BCUT2D eigenvalue weighted by Gasteiger charge is 2.44. The van der Waals surface area contributed by atoms with Gasteiger partial charge in [-0.25, -0.2) is 9.98 Å². The van der Waals surface area contributed by atoms with Crippen LogP contribution in [0.3, 0.4) is 0 Å². The lowest BCUT2D eigenvalue weighted by Crippen LogP contribution is -2.57. The molecule has 19 heteroatoms. The van der Waals surface area contributed by atoms with Gasteiger partial charge in [-0.15, -0.1) is 11.3 Å². The Morgan fingerprint density at radius 2 is 1.51 bits per heavy atom. The molecule has 0 aliphatic carbocycles. The zero-order chi connectivity index (χ0) is 56.2. The lowest BCUT2D eigenvalue weighted by atomic mass is 9.85. The number of aromatic hydroxyl groups is 1. The number of aliphatic imine (C=N–C) groups is 1. The van der Waals surface area contributed by atoms with Gasteiger partial charge < -0.3 is 60.3 Å². The second kappa shape index (κ2) is 29.6. The van der Waals surface area contributed by atoms with E-state index in [0.29, 0.717) is 81.6 Å². The quantitative estimate of drug-likeness (QED) is 0.0171. The fourth-order valence-corrected chi connectivity index (χ4v) is 9.64. The van der Waals surface area contributed by atoms with Crippen molar-refractivity contribution in [3.8, 4) is 28.2 Å². The zero-order valence-corrected chi connectivity index (χ0v) is 46.4. The maximum atomic E-state index is 14.0. The number of β-amino-alcohol motifs (C(OH)–C–C–N with tert-alkyl or cyclic N) is 1. The van der Waals surface area contributed by atoms with Crippen molar-refractivity contribution in [2.75, 3.05) is 72.5 Å². The molecule has 2 aromatic heterocycles. The molecule has 1 aliphatic heterocycles. The van der Waals surface area contributed by atoms with Gasteiger partial charge in [0, 0.05) is 68.0 Å². The maximum Gasteiger partial charge on any atom is 0.296 e. The molecule has 1 fully saturated rings. The number of benzene rings is 4. The number of ether oxygens (including phenoxy) is 4. The number of amides is 4. The predicted molar refractivity (Wildman–Crippen MR) is 305 cm³/mol. The third-order valence-corrected chi connectivity index (χ3v) is 13.9. The minimum atomic E-state index is -0.933. The van der Waals surface area contributed by atoms with Crippen molar-refractivity contribution >= 4 is 57.3 Å². The number of nitrogens with one attached hydrogen (secondary N) is 5. The van der Waals surface area contributed by atoms with E-state index < -0.39 is 29.5 Å². The second-order valence-corrected chi connectivity index (χ2v) is 20.9. The van der Waals surface area contributed by atoms with E-state index in [4.69, 9.17) is 23.9 Å². The van der Waals surface area contributed by atoms with Crippen LogP contribution in [0.2, 0.25) is 0 Å². The highest BCUT2D eigenvalue weighted by molar-refractivity contribution is 7.13. The van der Waals surface area contributed by atoms with E-state index in [-0.39, 0.29) is 62.7 Å². The zero-order valence-electron chi connectivity index (χ0n) is 45.6. The van der Waals surface area contributed by atoms with E-state index in [2.05, 4.69) is 43.1 Å². The van der Waals surface area contributed by atoms with Crippen LogP contribution < -0.4 is 21.3 Å². The summed E-state index contributed by atoms with van der Waals surface area (Å²) in [4.78, 5) is 67.2. The molecule has 18 nitrogen and oxygen atoms in total. The Hall–Kier alpha value is -7.28. The van der Waals surface area contributed by atoms with Gasteiger partial charge in [0.2, 0.25) is 17.7 Å². The summed E-state index contributed by atoms with van der Waals surface area (Å²) < 4.78 is 22.6. The number of carbonyl (C=O) groups excluding carboxylic acids is 4. The van der Waals surface area contributed by atoms with Gasteiger partial charge in [0.05, 0.1) is 97.5 Å². The first kappa shape index (κ1) is 59.4. The van der Waals surface area contributed by atoms with Crippen molar-refractivity contribution in [2.45, 2.75) is 78.7 Å². The maximum absolute atomic E-state index is 14.0. The molecule has 0 radical (unpaired) electrons. The molecule has 4 amide bonds. The van der Waals surface area contributed by atoms with Crippen LogP contribution >= 0.6 is 11.3 Å². The number of aromatic nitrogens is 2. The predicted octanol–water partition coefficient (Wildman–Crippen LogP) is 6.32. The van der Waals surface area contributed by atoms with Crippen molar-refractivity contribution in [3.63, 3.8) is 0 Å². The summed E-state index contributed by atoms with van der Waals surface area (Å²) >= 11 is 1.57. The first-order valence-electron chi connectivity index (χ1n) is 26.6. The number of fused-ring (bicyclic) bond motifs is 1. The number of aryl methyl sites for hydroxylation is 1. The van der Waals surface area contributed by atoms with Crippen LogP contribution in [0.5, 0.6) is 5.88 Å². The molecular weight excluding hydrogens is 1020 g/mol. The van der Waals surface area contributed by atoms with Crippen LogP contribution in [0.1, 0.15) is 74.0 Å². The molecule has 0 unspecified atom stereocenters. The van der Waals surface area contributed by atoms with Crippen LogP contribution in [0.15, 0.2) is 108 Å². The van der Waals surface area contributed by atoms with Gasteiger partial charge in [0.25, 0.3) is 5.91 Å². The number of nitrogens with zero attached hydrogens (tertiary/aromatic N) is 3. The smallest absolute Gasteiger partial charge is 0.296 e. The lowest BCUT2D eigenvalue weighted by molar-refractivity contribution is -0.144. The standard InChI is InChI=1S/C60H72N8O10S/c1-6-62-51(70)23-17-41-16-22-48-49(34-41)66-58(73)53(48)54(44-10-8-7-9-11-44)65-46-20-14-42(15-21-46)36-61-25-27-76-29-31-78-33-32-77-30-28-75-26-24-52(71)67-56(60(3,4)5)59(74)68-38-47(69)35-50(68)57(72)63-37-43-12-18-45(19-13-43)55-40(2)64-39-79-55/h7-16,18-22,34,39,47,50,56,61,66,69,73H,6,24-33,35-38H2,1-5H3,(H,62,70)(H,63,72)(H,67,71)/t47-,50+,56-/m1/s1. The Bertz CT molecular complexity index is 3050. The van der Waals surface area contributed by atoms with E-state index in [0.717, 1.165) is 43.9 Å². The third-order valence-electron chi connectivity index (χ3n) is 13.0. The number of H-pyrrole nitrogens is 1. The molecule has 0 saturated carbocycles. The van der Waals surface area contributed by atoms with E-state index in [1.165, 1.54) is 4.90 Å². The molecule has 7 rings (SSSR count). The number of aliphatic hydroxyl groups excluding tert-OH is 1. The number of likely N-dealkylation sites (tertiary alicyclic amines) is 1. The number of rotatable bonds is 27. The van der Waals surface area contributed by atoms with Crippen molar-refractivity contribution < 1.29 is 48.3 Å². The Morgan fingerprint density at radius 1 is 0.848 bits per heavy atom. The Morgan fingerprint density at radius 3 is 2.16 bits per heavy atom. The SMILES string of the molecule is CCNC(=O)C#Cc1ccc2c(C(=Nc3ccc(CNCCOCCOCCOCCOCCC(=O)N[C@H](C(=O)N4C[C@H](O)C[C@H]4C(=O)NCc4ccc(-c5scnc5C)cc4)C(C)(C)C)cc3)c3ccccc3)c(O)[nH]c2c1. The average molecular weight is 1100 g/mol. The molecule has 418 valence electrons. The molecule has 0 spiro atoms. The normalized spacial score (nSPS) is 14.9. The van der Waals surface area contributed by atoms with Gasteiger partial charge in [0.1, 0.15) is 12.1 Å². The molecule has 3 heterocycles. The summed E-state index contributed by atoms with van der Waals surface area (Å²) in [6, 6.07) is 29.2. The van der Waals surface area contributed by atoms with Crippen LogP contribution in [0, 0.1) is 24.2 Å². The molecule has 4 aromatic carbocycles. The minimum Gasteiger partial charge on any atom is -0.494 e. The second-order valence-electron chi connectivity index (χ2n) is 20.0. The molecule has 1 saturated heterocycles. The summed E-state index contributed by atoms with van der Waals surface area (Å²) in [5.74, 6) is 3.94. The van der Waals surface area contributed by atoms with Gasteiger partial charge in [-0.05, 0) is 60.2 Å². The van der Waals surface area contributed by atoms with E-state index in [1.807, 2.05) is 131 Å². The Balaban J connectivity index is 0.733. The fraction of sp³-hybridized carbons (Fsp3) is 0.400. The molecular formula is C60H72N8O10S. The van der Waals surface area contributed by atoms with Gasteiger partial charge >= 0.3 is 0 Å². The largest absolute Gasteiger partial charge is 0.494 e. The number of hydrogen-bond acceptors (Lipinski definition) is 14. The number of thiazole rings is 1. The van der Waals surface area contributed by atoms with Gasteiger partial charge in [-0.3, -0.25) is 19.2 Å².